The van der Waals surface area contributed by atoms with E-state index in [1.54, 1.807) is 52.0 Å². The maximum Gasteiger partial charge on any atom is 0.341 e. The summed E-state index contributed by atoms with van der Waals surface area (Å²) < 4.78 is 21.9. The van der Waals surface area contributed by atoms with Crippen molar-refractivity contribution in [2.45, 2.75) is 58.1 Å². The molecule has 180 valence electrons. The molecule has 0 radical (unpaired) electrons. The molecule has 0 saturated heterocycles. The van der Waals surface area contributed by atoms with E-state index in [9.17, 15) is 14.0 Å². The zero-order chi connectivity index (χ0) is 24.6. The minimum atomic E-state index is -0.721. The van der Waals surface area contributed by atoms with Crippen molar-refractivity contribution in [2.75, 3.05) is 19.4 Å². The Morgan fingerprint density at radius 2 is 1.88 bits per heavy atom. The number of ether oxygens (including phenoxy) is 1. The molecular weight excluding hydrogens is 437 g/mol. The van der Waals surface area contributed by atoms with E-state index in [1.807, 2.05) is 10.6 Å². The first-order valence-electron chi connectivity index (χ1n) is 11.4. The SMILES string of the molecule is CN(C)C(=O)c1cc2cnc(Nc3ccc(C(=O)OC(C)(C)C)c(F)c3)nc2n1C1CCCC1. The lowest BCUT2D eigenvalue weighted by molar-refractivity contribution is 0.00646. The molecule has 4 rings (SSSR count). The van der Waals surface area contributed by atoms with Crippen LogP contribution in [0, 0.1) is 5.82 Å². The van der Waals surface area contributed by atoms with Gasteiger partial charge in [0.15, 0.2) is 0 Å². The lowest BCUT2D eigenvalue weighted by Crippen LogP contribution is -2.25. The van der Waals surface area contributed by atoms with E-state index >= 15 is 0 Å². The fraction of sp³-hybridized carbons (Fsp3) is 0.440. The summed E-state index contributed by atoms with van der Waals surface area (Å²) in [5, 5.41) is 3.78. The number of nitrogens with one attached hydrogen (secondary N) is 1. The molecule has 1 aliphatic rings. The highest BCUT2D eigenvalue weighted by Crippen LogP contribution is 2.35. The second-order valence-electron chi connectivity index (χ2n) is 9.83. The summed E-state index contributed by atoms with van der Waals surface area (Å²) in [6.07, 6.45) is 5.86. The molecule has 1 N–H and O–H groups in total. The predicted octanol–water partition coefficient (Wildman–Crippen LogP) is 5.09. The number of rotatable bonds is 5. The van der Waals surface area contributed by atoms with Crippen molar-refractivity contribution in [1.29, 1.82) is 0 Å². The third-order valence-corrected chi connectivity index (χ3v) is 5.74. The fourth-order valence-corrected chi connectivity index (χ4v) is 4.21. The lowest BCUT2D eigenvalue weighted by atomic mass is 10.1. The van der Waals surface area contributed by atoms with Crippen LogP contribution in [0.25, 0.3) is 11.0 Å². The highest BCUT2D eigenvalue weighted by molar-refractivity contribution is 5.98. The van der Waals surface area contributed by atoms with Crippen LogP contribution in [0.1, 0.15) is 73.3 Å². The number of benzene rings is 1. The maximum atomic E-state index is 14.6. The number of carbonyl (C=O) groups is 2. The van der Waals surface area contributed by atoms with Gasteiger partial charge in [-0.2, -0.15) is 4.98 Å². The van der Waals surface area contributed by atoms with Gasteiger partial charge < -0.3 is 19.5 Å². The minimum absolute atomic E-state index is 0.0841. The summed E-state index contributed by atoms with van der Waals surface area (Å²) in [6.45, 7) is 5.18. The third kappa shape index (κ3) is 4.88. The molecule has 0 unspecified atom stereocenters. The monoisotopic (exact) mass is 467 g/mol. The summed E-state index contributed by atoms with van der Waals surface area (Å²) in [5.41, 5.74) is 0.795. The molecule has 1 aromatic carbocycles. The second-order valence-corrected chi connectivity index (χ2v) is 9.83. The first-order chi connectivity index (χ1) is 16.0. The van der Waals surface area contributed by atoms with Gasteiger partial charge in [-0.15, -0.1) is 0 Å². The number of hydrogen-bond acceptors (Lipinski definition) is 6. The normalized spacial score (nSPS) is 14.4. The molecule has 8 nitrogen and oxygen atoms in total. The molecule has 0 spiro atoms. The molecule has 0 aliphatic heterocycles. The Bertz CT molecular complexity index is 1240. The average molecular weight is 468 g/mol. The van der Waals surface area contributed by atoms with E-state index in [-0.39, 0.29) is 23.5 Å². The zero-order valence-corrected chi connectivity index (χ0v) is 20.2. The number of aromatic nitrogens is 3. The van der Waals surface area contributed by atoms with Crippen LogP contribution in [0.2, 0.25) is 0 Å². The topological polar surface area (TPSA) is 89.3 Å². The van der Waals surface area contributed by atoms with Crippen molar-refractivity contribution in [3.05, 3.63) is 47.5 Å². The number of hydrogen-bond donors (Lipinski definition) is 1. The molecule has 1 saturated carbocycles. The van der Waals surface area contributed by atoms with Gasteiger partial charge >= 0.3 is 5.97 Å². The van der Waals surface area contributed by atoms with Crippen LogP contribution >= 0.6 is 0 Å². The number of anilines is 2. The maximum absolute atomic E-state index is 14.6. The predicted molar refractivity (Wildman–Crippen MR) is 128 cm³/mol. The van der Waals surface area contributed by atoms with E-state index in [1.165, 1.54) is 12.1 Å². The quantitative estimate of drug-likeness (QED) is 0.526. The van der Waals surface area contributed by atoms with Gasteiger partial charge in [-0.25, -0.2) is 14.2 Å². The molecule has 0 bridgehead atoms. The largest absolute Gasteiger partial charge is 0.456 e. The smallest absolute Gasteiger partial charge is 0.341 e. The Hall–Kier alpha value is -3.49. The average Bonchev–Trinajstić information content (AvgIpc) is 3.39. The van der Waals surface area contributed by atoms with Gasteiger partial charge in [-0.3, -0.25) is 4.79 Å². The number of esters is 1. The standard InChI is InChI=1S/C25H30FN5O3/c1-25(2,3)34-23(33)18-11-10-16(13-19(18)26)28-24-27-14-15-12-20(22(32)30(4)5)31(21(15)29-24)17-8-6-7-9-17/h10-14,17H,6-9H2,1-5H3,(H,27,28,29). The number of nitrogens with zero attached hydrogens (tertiary/aromatic N) is 4. The van der Waals surface area contributed by atoms with Crippen molar-refractivity contribution >= 4 is 34.5 Å². The second kappa shape index (κ2) is 9.04. The Labute approximate surface area is 198 Å². The van der Waals surface area contributed by atoms with E-state index in [4.69, 9.17) is 4.74 Å². The van der Waals surface area contributed by atoms with Crippen molar-refractivity contribution in [3.8, 4) is 0 Å². The van der Waals surface area contributed by atoms with Crippen LogP contribution < -0.4 is 5.32 Å². The van der Waals surface area contributed by atoms with Crippen molar-refractivity contribution < 1.29 is 18.7 Å². The highest BCUT2D eigenvalue weighted by atomic mass is 19.1. The molecule has 9 heteroatoms. The van der Waals surface area contributed by atoms with Gasteiger partial charge in [0.2, 0.25) is 5.95 Å². The van der Waals surface area contributed by atoms with Crippen LogP contribution in [0.3, 0.4) is 0 Å². The van der Waals surface area contributed by atoms with Gasteiger partial charge in [0.05, 0.1) is 5.56 Å². The van der Waals surface area contributed by atoms with E-state index < -0.39 is 17.4 Å². The van der Waals surface area contributed by atoms with Gasteiger partial charge in [0.25, 0.3) is 5.91 Å². The zero-order valence-electron chi connectivity index (χ0n) is 20.2. The minimum Gasteiger partial charge on any atom is -0.456 e. The Balaban J connectivity index is 1.65. The summed E-state index contributed by atoms with van der Waals surface area (Å²) >= 11 is 0. The van der Waals surface area contributed by atoms with Gasteiger partial charge in [-0.05, 0) is 57.9 Å². The first-order valence-corrected chi connectivity index (χ1v) is 11.4. The molecule has 34 heavy (non-hydrogen) atoms. The van der Waals surface area contributed by atoms with E-state index in [2.05, 4.69) is 15.3 Å². The Morgan fingerprint density at radius 3 is 2.50 bits per heavy atom. The number of carbonyl (C=O) groups excluding carboxylic acids is 2. The third-order valence-electron chi connectivity index (χ3n) is 5.74. The molecule has 3 aromatic rings. The number of fused-ring (bicyclic) bond motifs is 1. The van der Waals surface area contributed by atoms with Crippen molar-refractivity contribution in [1.82, 2.24) is 19.4 Å². The molecule has 2 heterocycles. The van der Waals surface area contributed by atoms with Crippen molar-refractivity contribution in [3.63, 3.8) is 0 Å². The molecular formula is C25H30FN5O3. The van der Waals surface area contributed by atoms with Crippen LogP contribution in [-0.4, -0.2) is 51.0 Å². The fourth-order valence-electron chi connectivity index (χ4n) is 4.21. The van der Waals surface area contributed by atoms with Crippen LogP contribution in [0.5, 0.6) is 0 Å². The van der Waals surface area contributed by atoms with Gasteiger partial charge in [0, 0.05) is 37.4 Å². The number of halogens is 1. The Kier molecular flexibility index (Phi) is 6.29. The van der Waals surface area contributed by atoms with E-state index in [0.717, 1.165) is 31.1 Å². The van der Waals surface area contributed by atoms with Crippen LogP contribution in [0.15, 0.2) is 30.5 Å². The Morgan fingerprint density at radius 1 is 1.18 bits per heavy atom. The highest BCUT2D eigenvalue weighted by Gasteiger charge is 2.26. The number of amides is 1. The molecule has 0 atom stereocenters. The molecule has 1 amide bonds. The van der Waals surface area contributed by atoms with Gasteiger partial charge in [-0.1, -0.05) is 12.8 Å². The lowest BCUT2D eigenvalue weighted by Gasteiger charge is -2.19. The van der Waals surface area contributed by atoms with Gasteiger partial charge in [0.1, 0.15) is 22.8 Å². The van der Waals surface area contributed by atoms with E-state index in [0.29, 0.717) is 17.0 Å². The molecule has 1 fully saturated rings. The van der Waals surface area contributed by atoms with Crippen LogP contribution in [-0.2, 0) is 4.74 Å². The summed E-state index contributed by atoms with van der Waals surface area (Å²) in [4.78, 5) is 35.6. The molecule has 1 aliphatic carbocycles. The van der Waals surface area contributed by atoms with Crippen molar-refractivity contribution in [2.24, 2.45) is 0 Å². The summed E-state index contributed by atoms with van der Waals surface area (Å²) in [7, 11) is 3.46. The summed E-state index contributed by atoms with van der Waals surface area (Å²) in [6, 6.07) is 6.19. The summed E-state index contributed by atoms with van der Waals surface area (Å²) in [5.74, 6) is -1.23. The molecule has 2 aromatic heterocycles. The van der Waals surface area contributed by atoms with Crippen LogP contribution in [0.4, 0.5) is 16.0 Å². The first kappa shape index (κ1) is 23.7.